The maximum atomic E-state index is 9.52. The SMILES string of the molecule is Cc1cccc(O)c1C=CCCS. The van der Waals surface area contributed by atoms with E-state index >= 15 is 0 Å². The Balaban J connectivity index is 2.87. The number of allylic oxidation sites excluding steroid dienone is 1. The van der Waals surface area contributed by atoms with Crippen LogP contribution in [0.1, 0.15) is 17.5 Å². The molecule has 0 radical (unpaired) electrons. The quantitative estimate of drug-likeness (QED) is 0.709. The lowest BCUT2D eigenvalue weighted by Crippen LogP contribution is -1.80. The molecule has 1 rings (SSSR count). The second kappa shape index (κ2) is 4.97. The molecule has 13 heavy (non-hydrogen) atoms. The van der Waals surface area contributed by atoms with E-state index in [1.165, 1.54) is 0 Å². The maximum absolute atomic E-state index is 9.52. The van der Waals surface area contributed by atoms with Crippen molar-refractivity contribution in [2.45, 2.75) is 13.3 Å². The minimum absolute atomic E-state index is 0.343. The molecule has 0 aromatic heterocycles. The number of hydrogen-bond donors (Lipinski definition) is 2. The molecular weight excluding hydrogens is 180 g/mol. The van der Waals surface area contributed by atoms with Gasteiger partial charge in [-0.2, -0.15) is 12.6 Å². The van der Waals surface area contributed by atoms with Gasteiger partial charge in [-0.1, -0.05) is 24.3 Å². The van der Waals surface area contributed by atoms with Crippen molar-refractivity contribution >= 4 is 18.7 Å². The minimum atomic E-state index is 0.343. The number of thiol groups is 1. The molecule has 0 heterocycles. The second-order valence-corrected chi connectivity index (χ2v) is 3.37. The molecule has 1 nitrogen and oxygen atoms in total. The zero-order chi connectivity index (χ0) is 9.68. The third kappa shape index (κ3) is 2.81. The van der Waals surface area contributed by atoms with Crippen molar-refractivity contribution in [1.29, 1.82) is 0 Å². The first kappa shape index (κ1) is 10.2. The highest BCUT2D eigenvalue weighted by Crippen LogP contribution is 2.21. The van der Waals surface area contributed by atoms with Crippen molar-refractivity contribution in [1.82, 2.24) is 0 Å². The van der Waals surface area contributed by atoms with Gasteiger partial charge < -0.3 is 5.11 Å². The molecule has 1 aromatic carbocycles. The van der Waals surface area contributed by atoms with E-state index in [0.29, 0.717) is 5.75 Å². The molecule has 0 saturated heterocycles. The van der Waals surface area contributed by atoms with Gasteiger partial charge in [0.25, 0.3) is 0 Å². The van der Waals surface area contributed by atoms with Crippen LogP contribution in [0.15, 0.2) is 24.3 Å². The van der Waals surface area contributed by atoms with Gasteiger partial charge in [0.05, 0.1) is 0 Å². The van der Waals surface area contributed by atoms with E-state index in [1.54, 1.807) is 6.07 Å². The van der Waals surface area contributed by atoms with Crippen molar-refractivity contribution in [2.75, 3.05) is 5.75 Å². The summed E-state index contributed by atoms with van der Waals surface area (Å²) in [4.78, 5) is 0. The van der Waals surface area contributed by atoms with Crippen LogP contribution < -0.4 is 0 Å². The number of aryl methyl sites for hydroxylation is 1. The molecule has 70 valence electrons. The summed E-state index contributed by atoms with van der Waals surface area (Å²) >= 11 is 4.11. The molecule has 0 atom stereocenters. The Morgan fingerprint density at radius 1 is 1.46 bits per heavy atom. The number of aromatic hydroxyl groups is 1. The van der Waals surface area contributed by atoms with E-state index in [1.807, 2.05) is 31.2 Å². The standard InChI is InChI=1S/C11H14OS/c1-9-5-4-7-11(12)10(9)6-2-3-8-13/h2,4-7,12-13H,3,8H2,1H3. The Hall–Kier alpha value is -0.890. The van der Waals surface area contributed by atoms with Crippen LogP contribution in [0.2, 0.25) is 0 Å². The van der Waals surface area contributed by atoms with Crippen LogP contribution in [0.5, 0.6) is 5.75 Å². The molecule has 1 N–H and O–H groups in total. The lowest BCUT2D eigenvalue weighted by molar-refractivity contribution is 0.473. The fourth-order valence-corrected chi connectivity index (χ4v) is 1.31. The first-order valence-corrected chi connectivity index (χ1v) is 4.95. The van der Waals surface area contributed by atoms with E-state index in [0.717, 1.165) is 23.3 Å². The summed E-state index contributed by atoms with van der Waals surface area (Å²) in [6, 6.07) is 5.54. The molecule has 0 fully saturated rings. The normalized spacial score (nSPS) is 10.9. The van der Waals surface area contributed by atoms with Gasteiger partial charge in [-0.25, -0.2) is 0 Å². The second-order valence-electron chi connectivity index (χ2n) is 2.92. The maximum Gasteiger partial charge on any atom is 0.123 e. The highest BCUT2D eigenvalue weighted by atomic mass is 32.1. The summed E-state index contributed by atoms with van der Waals surface area (Å²) in [6.45, 7) is 1.99. The van der Waals surface area contributed by atoms with Gasteiger partial charge in [-0.05, 0) is 30.7 Å². The number of benzene rings is 1. The van der Waals surface area contributed by atoms with Crippen LogP contribution in [0, 0.1) is 6.92 Å². The summed E-state index contributed by atoms with van der Waals surface area (Å²) in [5, 5.41) is 9.52. The van der Waals surface area contributed by atoms with Crippen LogP contribution in [-0.4, -0.2) is 10.9 Å². The Labute approximate surface area is 84.5 Å². The Morgan fingerprint density at radius 2 is 2.23 bits per heavy atom. The summed E-state index contributed by atoms with van der Waals surface area (Å²) < 4.78 is 0. The topological polar surface area (TPSA) is 20.2 Å². The molecule has 2 heteroatoms. The van der Waals surface area contributed by atoms with Gasteiger partial charge in [0, 0.05) is 5.56 Å². The zero-order valence-corrected chi connectivity index (χ0v) is 8.59. The van der Waals surface area contributed by atoms with Gasteiger partial charge in [0.1, 0.15) is 5.75 Å². The fourth-order valence-electron chi connectivity index (χ4n) is 1.16. The smallest absolute Gasteiger partial charge is 0.123 e. The largest absolute Gasteiger partial charge is 0.507 e. The van der Waals surface area contributed by atoms with Gasteiger partial charge in [0.15, 0.2) is 0 Å². The Morgan fingerprint density at radius 3 is 2.85 bits per heavy atom. The van der Waals surface area contributed by atoms with Crippen molar-refractivity contribution in [3.8, 4) is 5.75 Å². The number of hydrogen-bond acceptors (Lipinski definition) is 2. The van der Waals surface area contributed by atoms with Crippen molar-refractivity contribution in [3.63, 3.8) is 0 Å². The van der Waals surface area contributed by atoms with Crippen LogP contribution >= 0.6 is 12.6 Å². The van der Waals surface area contributed by atoms with Gasteiger partial charge in [-0.15, -0.1) is 0 Å². The predicted octanol–water partition coefficient (Wildman–Crippen LogP) is 3.03. The van der Waals surface area contributed by atoms with Crippen molar-refractivity contribution in [3.05, 3.63) is 35.4 Å². The molecule has 0 unspecified atom stereocenters. The van der Waals surface area contributed by atoms with E-state index in [4.69, 9.17) is 0 Å². The molecule has 0 amide bonds. The third-order valence-electron chi connectivity index (χ3n) is 1.88. The van der Waals surface area contributed by atoms with Crippen LogP contribution in [0.3, 0.4) is 0 Å². The molecule has 0 aliphatic carbocycles. The van der Waals surface area contributed by atoms with E-state index < -0.39 is 0 Å². The first-order chi connectivity index (χ1) is 6.25. The predicted molar refractivity (Wildman–Crippen MR) is 60.3 cm³/mol. The molecule has 0 saturated carbocycles. The summed E-state index contributed by atoms with van der Waals surface area (Å²) in [6.07, 6.45) is 4.90. The molecule has 0 spiro atoms. The van der Waals surface area contributed by atoms with Crippen molar-refractivity contribution < 1.29 is 5.11 Å². The third-order valence-corrected chi connectivity index (χ3v) is 2.14. The monoisotopic (exact) mass is 194 g/mol. The Kier molecular flexibility index (Phi) is 3.90. The van der Waals surface area contributed by atoms with E-state index in [9.17, 15) is 5.11 Å². The summed E-state index contributed by atoms with van der Waals surface area (Å²) in [7, 11) is 0. The highest BCUT2D eigenvalue weighted by Gasteiger charge is 1.98. The molecule has 0 aliphatic heterocycles. The van der Waals surface area contributed by atoms with Gasteiger partial charge >= 0.3 is 0 Å². The molecule has 0 bridgehead atoms. The zero-order valence-electron chi connectivity index (χ0n) is 7.70. The average Bonchev–Trinajstić information content (AvgIpc) is 2.10. The number of phenols is 1. The van der Waals surface area contributed by atoms with Crippen LogP contribution in [0.4, 0.5) is 0 Å². The molecule has 1 aromatic rings. The van der Waals surface area contributed by atoms with Crippen LogP contribution in [0.25, 0.3) is 6.08 Å². The van der Waals surface area contributed by atoms with Gasteiger partial charge in [-0.3, -0.25) is 0 Å². The lowest BCUT2D eigenvalue weighted by Gasteiger charge is -2.02. The lowest BCUT2D eigenvalue weighted by atomic mass is 10.1. The summed E-state index contributed by atoms with van der Waals surface area (Å²) in [5.74, 6) is 1.18. The highest BCUT2D eigenvalue weighted by molar-refractivity contribution is 7.80. The van der Waals surface area contributed by atoms with Crippen LogP contribution in [-0.2, 0) is 0 Å². The van der Waals surface area contributed by atoms with E-state index in [-0.39, 0.29) is 0 Å². The fraction of sp³-hybridized carbons (Fsp3) is 0.273. The molecular formula is C11H14OS. The number of rotatable bonds is 3. The average molecular weight is 194 g/mol. The summed E-state index contributed by atoms with van der Waals surface area (Å²) in [5.41, 5.74) is 2.00. The van der Waals surface area contributed by atoms with Gasteiger partial charge in [0.2, 0.25) is 0 Å². The molecule has 0 aliphatic rings. The van der Waals surface area contributed by atoms with Crippen molar-refractivity contribution in [2.24, 2.45) is 0 Å². The minimum Gasteiger partial charge on any atom is -0.507 e. The Bertz CT molecular complexity index is 285. The number of phenolic OH excluding ortho intramolecular Hbond substituents is 1. The first-order valence-electron chi connectivity index (χ1n) is 4.31. The van der Waals surface area contributed by atoms with E-state index in [2.05, 4.69) is 12.6 Å².